The third-order valence-electron chi connectivity index (χ3n) is 3.05. The number of esters is 1. The van der Waals surface area contributed by atoms with Gasteiger partial charge < -0.3 is 14.6 Å². The van der Waals surface area contributed by atoms with E-state index in [0.717, 1.165) is 11.1 Å². The van der Waals surface area contributed by atoms with Gasteiger partial charge in [-0.2, -0.15) is 0 Å². The predicted octanol–water partition coefficient (Wildman–Crippen LogP) is 3.67. The van der Waals surface area contributed by atoms with Crippen LogP contribution in [0.15, 0.2) is 60.7 Å². The van der Waals surface area contributed by atoms with Gasteiger partial charge in [0.05, 0.1) is 7.11 Å². The molecule has 4 nitrogen and oxygen atoms in total. The molecule has 0 aliphatic heterocycles. The lowest BCUT2D eigenvalue weighted by atomic mass is 10.2. The fourth-order valence-corrected chi connectivity index (χ4v) is 1.89. The topological polar surface area (TPSA) is 55.8 Å². The van der Waals surface area contributed by atoms with E-state index in [1.807, 2.05) is 30.3 Å². The summed E-state index contributed by atoms with van der Waals surface area (Å²) in [6.07, 6.45) is 6.61. The summed E-state index contributed by atoms with van der Waals surface area (Å²) in [7, 11) is 1.49. The lowest BCUT2D eigenvalue weighted by Crippen LogP contribution is -1.99. The average Bonchev–Trinajstić information content (AvgIpc) is 2.59. The number of rotatable bonds is 6. The summed E-state index contributed by atoms with van der Waals surface area (Å²) in [5.74, 6) is 0.0823. The molecule has 0 heterocycles. The Morgan fingerprint density at radius 1 is 1.09 bits per heavy atom. The van der Waals surface area contributed by atoms with E-state index >= 15 is 0 Å². The summed E-state index contributed by atoms with van der Waals surface area (Å²) in [5, 5.41) is 9.51. The zero-order valence-corrected chi connectivity index (χ0v) is 12.8. The van der Waals surface area contributed by atoms with Gasteiger partial charge >= 0.3 is 5.97 Å². The highest BCUT2D eigenvalue weighted by atomic mass is 16.5. The lowest BCUT2D eigenvalue weighted by Gasteiger charge is -2.03. The molecule has 0 saturated heterocycles. The van der Waals surface area contributed by atoms with Crippen LogP contribution in [0.25, 0.3) is 12.2 Å². The van der Waals surface area contributed by atoms with Crippen LogP contribution in [0.1, 0.15) is 11.1 Å². The third-order valence-corrected chi connectivity index (χ3v) is 3.05. The maximum Gasteiger partial charge on any atom is 0.331 e. The Bertz CT molecular complexity index is 703. The number of benzene rings is 2. The first kappa shape index (κ1) is 16.4. The summed E-state index contributed by atoms with van der Waals surface area (Å²) in [5.41, 5.74) is 1.78. The van der Waals surface area contributed by atoms with E-state index in [1.165, 1.54) is 13.2 Å². The Morgan fingerprint density at radius 3 is 2.61 bits per heavy atom. The van der Waals surface area contributed by atoms with Crippen molar-refractivity contribution >= 4 is 18.1 Å². The number of phenolic OH excluding ortho intramolecular Hbond substituents is 1. The molecular formula is C19H18O4. The second-order valence-electron chi connectivity index (χ2n) is 4.71. The van der Waals surface area contributed by atoms with Crippen molar-refractivity contribution in [3.8, 4) is 11.5 Å². The molecule has 0 fully saturated rings. The van der Waals surface area contributed by atoms with E-state index in [-0.39, 0.29) is 12.4 Å². The molecule has 1 N–H and O–H groups in total. The van der Waals surface area contributed by atoms with Crippen molar-refractivity contribution < 1.29 is 19.4 Å². The van der Waals surface area contributed by atoms with Gasteiger partial charge in [-0.3, -0.25) is 0 Å². The molecule has 2 rings (SSSR count). The van der Waals surface area contributed by atoms with Crippen LogP contribution in [0.3, 0.4) is 0 Å². The van der Waals surface area contributed by atoms with Gasteiger partial charge in [0.2, 0.25) is 0 Å². The van der Waals surface area contributed by atoms with E-state index in [9.17, 15) is 9.90 Å². The molecule has 118 valence electrons. The smallest absolute Gasteiger partial charge is 0.331 e. The summed E-state index contributed by atoms with van der Waals surface area (Å²) >= 11 is 0. The first-order chi connectivity index (χ1) is 11.2. The first-order valence-corrected chi connectivity index (χ1v) is 7.12. The van der Waals surface area contributed by atoms with Gasteiger partial charge in [-0.25, -0.2) is 4.79 Å². The molecule has 0 atom stereocenters. The summed E-state index contributed by atoms with van der Waals surface area (Å²) < 4.78 is 10.1. The predicted molar refractivity (Wildman–Crippen MR) is 90.1 cm³/mol. The minimum Gasteiger partial charge on any atom is -0.504 e. The maximum absolute atomic E-state index is 11.6. The van der Waals surface area contributed by atoms with Crippen molar-refractivity contribution in [3.63, 3.8) is 0 Å². The number of hydrogen-bond acceptors (Lipinski definition) is 4. The normalized spacial score (nSPS) is 11.0. The van der Waals surface area contributed by atoms with Crippen molar-refractivity contribution in [3.05, 3.63) is 71.8 Å². The Kier molecular flexibility index (Phi) is 6.00. The highest BCUT2D eigenvalue weighted by Gasteiger charge is 2.00. The Morgan fingerprint density at radius 2 is 1.87 bits per heavy atom. The molecule has 0 aromatic heterocycles. The van der Waals surface area contributed by atoms with E-state index < -0.39 is 5.97 Å². The van der Waals surface area contributed by atoms with E-state index in [2.05, 4.69) is 0 Å². The van der Waals surface area contributed by atoms with Crippen LogP contribution < -0.4 is 4.74 Å². The Hall–Kier alpha value is -3.01. The molecule has 0 radical (unpaired) electrons. The molecule has 0 aliphatic rings. The molecular weight excluding hydrogens is 292 g/mol. The van der Waals surface area contributed by atoms with Crippen molar-refractivity contribution in [2.75, 3.05) is 13.7 Å². The molecule has 2 aromatic carbocycles. The molecule has 0 spiro atoms. The van der Waals surface area contributed by atoms with Crippen LogP contribution in [0.5, 0.6) is 11.5 Å². The van der Waals surface area contributed by atoms with E-state index in [1.54, 1.807) is 36.4 Å². The molecule has 0 aliphatic carbocycles. The largest absolute Gasteiger partial charge is 0.504 e. The van der Waals surface area contributed by atoms with Crippen LogP contribution in [0.4, 0.5) is 0 Å². The zero-order valence-electron chi connectivity index (χ0n) is 12.8. The van der Waals surface area contributed by atoms with Crippen LogP contribution in [-0.4, -0.2) is 24.8 Å². The monoisotopic (exact) mass is 310 g/mol. The van der Waals surface area contributed by atoms with Gasteiger partial charge in [-0.05, 0) is 35.4 Å². The maximum atomic E-state index is 11.6. The minimum atomic E-state index is -0.401. The molecule has 4 heteroatoms. The SMILES string of the molecule is COc1cc(/C=C\COC(=O)/C=C\c2ccccc2)ccc1O. The number of carbonyl (C=O) groups excluding carboxylic acids is 1. The standard InChI is InChI=1S/C19H18O4/c1-22-18-14-16(9-11-17(18)20)8-5-13-23-19(21)12-10-15-6-3-2-4-7-15/h2-12,14,20H,13H2,1H3/b8-5-,12-10-. The van der Waals surface area contributed by atoms with Crippen molar-refractivity contribution in [2.45, 2.75) is 0 Å². The Balaban J connectivity index is 1.82. The Labute approximate surface area is 135 Å². The van der Waals surface area contributed by atoms with Crippen molar-refractivity contribution in [1.82, 2.24) is 0 Å². The highest BCUT2D eigenvalue weighted by molar-refractivity contribution is 5.87. The number of phenols is 1. The molecule has 0 unspecified atom stereocenters. The summed E-state index contributed by atoms with van der Waals surface area (Å²) in [6, 6.07) is 14.5. The number of ether oxygens (including phenoxy) is 2. The molecule has 23 heavy (non-hydrogen) atoms. The summed E-state index contributed by atoms with van der Waals surface area (Å²) in [6.45, 7) is 0.168. The van der Waals surface area contributed by atoms with Gasteiger partial charge in [0.25, 0.3) is 0 Å². The number of carbonyl (C=O) groups is 1. The van der Waals surface area contributed by atoms with Crippen LogP contribution in [0, 0.1) is 0 Å². The van der Waals surface area contributed by atoms with Crippen LogP contribution in [0.2, 0.25) is 0 Å². The van der Waals surface area contributed by atoms with Gasteiger partial charge in [0.1, 0.15) is 6.61 Å². The fraction of sp³-hybridized carbons (Fsp3) is 0.105. The van der Waals surface area contributed by atoms with Crippen LogP contribution in [-0.2, 0) is 9.53 Å². The van der Waals surface area contributed by atoms with Gasteiger partial charge in [-0.1, -0.05) is 42.5 Å². The van der Waals surface area contributed by atoms with E-state index in [0.29, 0.717) is 5.75 Å². The molecule has 0 bridgehead atoms. The third kappa shape index (κ3) is 5.36. The van der Waals surface area contributed by atoms with Gasteiger partial charge in [0.15, 0.2) is 11.5 Å². The summed E-state index contributed by atoms with van der Waals surface area (Å²) in [4.78, 5) is 11.6. The lowest BCUT2D eigenvalue weighted by molar-refractivity contribution is -0.136. The number of aromatic hydroxyl groups is 1. The average molecular weight is 310 g/mol. The zero-order chi connectivity index (χ0) is 16.5. The quantitative estimate of drug-likeness (QED) is 0.653. The van der Waals surface area contributed by atoms with Crippen molar-refractivity contribution in [1.29, 1.82) is 0 Å². The number of hydrogen-bond donors (Lipinski definition) is 1. The van der Waals surface area contributed by atoms with Gasteiger partial charge in [-0.15, -0.1) is 0 Å². The second-order valence-corrected chi connectivity index (χ2v) is 4.71. The van der Waals surface area contributed by atoms with E-state index in [4.69, 9.17) is 9.47 Å². The first-order valence-electron chi connectivity index (χ1n) is 7.12. The second kappa shape index (κ2) is 8.44. The number of methoxy groups -OCH3 is 1. The molecule has 2 aromatic rings. The highest BCUT2D eigenvalue weighted by Crippen LogP contribution is 2.26. The molecule has 0 saturated carbocycles. The fourth-order valence-electron chi connectivity index (χ4n) is 1.89. The van der Waals surface area contributed by atoms with Crippen molar-refractivity contribution in [2.24, 2.45) is 0 Å². The molecule has 0 amide bonds. The van der Waals surface area contributed by atoms with Crippen LogP contribution >= 0.6 is 0 Å². The minimum absolute atomic E-state index is 0.0853. The van der Waals surface area contributed by atoms with Gasteiger partial charge in [0, 0.05) is 6.08 Å².